The third kappa shape index (κ3) is 7.40. The summed E-state index contributed by atoms with van der Waals surface area (Å²) >= 11 is 2.40. The lowest BCUT2D eigenvalue weighted by Gasteiger charge is -2.06. The largest absolute Gasteiger partial charge is 0.497 e. The summed E-state index contributed by atoms with van der Waals surface area (Å²) in [7, 11) is 1.63. The van der Waals surface area contributed by atoms with E-state index in [-0.39, 0.29) is 5.91 Å². The highest BCUT2D eigenvalue weighted by atomic mass is 127. The molecule has 0 aliphatic carbocycles. The monoisotopic (exact) mass is 375 g/mol. The van der Waals surface area contributed by atoms with E-state index in [2.05, 4.69) is 27.9 Å². The van der Waals surface area contributed by atoms with E-state index in [1.807, 2.05) is 24.3 Å². The lowest BCUT2D eigenvalue weighted by atomic mass is 10.1. The Hall–Kier alpha value is -0.780. The second-order valence-corrected chi connectivity index (χ2v) is 5.56. The van der Waals surface area contributed by atoms with Crippen molar-refractivity contribution in [1.29, 1.82) is 0 Å². The zero-order chi connectivity index (χ0) is 13.9. The van der Waals surface area contributed by atoms with E-state index < -0.39 is 0 Å². The maximum Gasteiger partial charge on any atom is 0.224 e. The van der Waals surface area contributed by atoms with Crippen LogP contribution in [0.2, 0.25) is 0 Å². The average molecular weight is 375 g/mol. The second-order valence-electron chi connectivity index (χ2n) is 4.48. The van der Waals surface area contributed by atoms with Gasteiger partial charge in [0.25, 0.3) is 0 Å². The third-order valence-corrected chi connectivity index (χ3v) is 3.64. The number of carbonyl (C=O) groups excluding carboxylic acids is 1. The van der Waals surface area contributed by atoms with Crippen molar-refractivity contribution >= 4 is 28.5 Å². The minimum Gasteiger partial charge on any atom is -0.497 e. The van der Waals surface area contributed by atoms with Crippen molar-refractivity contribution in [2.75, 3.05) is 18.1 Å². The fraction of sp³-hybridized carbons (Fsp3) is 0.533. The van der Waals surface area contributed by atoms with Crippen molar-refractivity contribution in [3.8, 4) is 5.75 Å². The predicted octanol–water partition coefficient (Wildman–Crippen LogP) is 3.35. The van der Waals surface area contributed by atoms with Crippen LogP contribution in [-0.4, -0.2) is 24.0 Å². The van der Waals surface area contributed by atoms with Crippen LogP contribution in [0.3, 0.4) is 0 Å². The highest BCUT2D eigenvalue weighted by Gasteiger charge is 2.03. The van der Waals surface area contributed by atoms with Crippen LogP contribution in [-0.2, 0) is 11.2 Å². The van der Waals surface area contributed by atoms with E-state index in [9.17, 15) is 4.79 Å². The van der Waals surface area contributed by atoms with E-state index in [0.29, 0.717) is 6.42 Å². The number of carbonyl (C=O) groups is 1. The van der Waals surface area contributed by atoms with Gasteiger partial charge in [-0.25, -0.2) is 0 Å². The molecular formula is C15H22INO2. The molecule has 0 atom stereocenters. The van der Waals surface area contributed by atoms with Crippen LogP contribution in [0.4, 0.5) is 0 Å². The van der Waals surface area contributed by atoms with Crippen molar-refractivity contribution in [3.05, 3.63) is 29.8 Å². The SMILES string of the molecule is COc1cccc(CC(=O)NCCCCCCI)c1. The van der Waals surface area contributed by atoms with Crippen molar-refractivity contribution < 1.29 is 9.53 Å². The summed E-state index contributed by atoms with van der Waals surface area (Å²) in [6.45, 7) is 0.782. The van der Waals surface area contributed by atoms with Gasteiger partial charge in [0.2, 0.25) is 5.91 Å². The minimum absolute atomic E-state index is 0.0853. The van der Waals surface area contributed by atoms with Gasteiger partial charge in [-0.15, -0.1) is 0 Å². The van der Waals surface area contributed by atoms with Gasteiger partial charge < -0.3 is 10.1 Å². The molecule has 0 spiro atoms. The molecule has 0 aliphatic heterocycles. The third-order valence-electron chi connectivity index (χ3n) is 2.88. The predicted molar refractivity (Wildman–Crippen MR) is 87.1 cm³/mol. The van der Waals surface area contributed by atoms with Crippen LogP contribution in [0, 0.1) is 0 Å². The Kier molecular flexibility index (Phi) is 8.62. The van der Waals surface area contributed by atoms with E-state index in [4.69, 9.17) is 4.74 Å². The van der Waals surface area contributed by atoms with Crippen LogP contribution in [0.1, 0.15) is 31.2 Å². The highest BCUT2D eigenvalue weighted by molar-refractivity contribution is 14.1. The zero-order valence-electron chi connectivity index (χ0n) is 11.5. The van der Waals surface area contributed by atoms with Crippen LogP contribution in [0.15, 0.2) is 24.3 Å². The van der Waals surface area contributed by atoms with E-state index in [0.717, 1.165) is 24.3 Å². The molecule has 0 saturated heterocycles. The Labute approximate surface area is 129 Å². The fourth-order valence-corrected chi connectivity index (χ4v) is 2.37. The highest BCUT2D eigenvalue weighted by Crippen LogP contribution is 2.12. The van der Waals surface area contributed by atoms with Gasteiger partial charge in [0.05, 0.1) is 13.5 Å². The van der Waals surface area contributed by atoms with Gasteiger partial charge in [-0.1, -0.05) is 47.6 Å². The summed E-state index contributed by atoms with van der Waals surface area (Å²) in [6, 6.07) is 7.64. The number of hydrogen-bond acceptors (Lipinski definition) is 2. The summed E-state index contributed by atoms with van der Waals surface area (Å²) in [5.41, 5.74) is 0.988. The summed E-state index contributed by atoms with van der Waals surface area (Å²) in [4.78, 5) is 11.7. The number of nitrogens with one attached hydrogen (secondary N) is 1. The topological polar surface area (TPSA) is 38.3 Å². The summed E-state index contributed by atoms with van der Waals surface area (Å²) in [5, 5.41) is 2.96. The Morgan fingerprint density at radius 1 is 1.26 bits per heavy atom. The Bertz CT molecular complexity index is 382. The van der Waals surface area contributed by atoms with Crippen molar-refractivity contribution in [2.45, 2.75) is 32.1 Å². The first-order valence-electron chi connectivity index (χ1n) is 6.72. The molecule has 106 valence electrons. The quantitative estimate of drug-likeness (QED) is 0.409. The number of unbranched alkanes of at least 4 members (excludes halogenated alkanes) is 3. The molecule has 1 amide bonds. The van der Waals surface area contributed by atoms with Crippen molar-refractivity contribution in [3.63, 3.8) is 0 Å². The Balaban J connectivity index is 2.19. The lowest BCUT2D eigenvalue weighted by molar-refractivity contribution is -0.120. The van der Waals surface area contributed by atoms with Gasteiger partial charge in [0.1, 0.15) is 5.75 Å². The molecule has 0 unspecified atom stereocenters. The number of hydrogen-bond donors (Lipinski definition) is 1. The molecule has 3 nitrogen and oxygen atoms in total. The smallest absolute Gasteiger partial charge is 0.224 e. The molecule has 0 radical (unpaired) electrons. The Morgan fingerprint density at radius 2 is 2.05 bits per heavy atom. The first-order valence-corrected chi connectivity index (χ1v) is 8.24. The summed E-state index contributed by atoms with van der Waals surface area (Å²) in [6.07, 6.45) is 5.22. The molecule has 1 rings (SSSR count). The minimum atomic E-state index is 0.0853. The first-order chi connectivity index (χ1) is 9.26. The standard InChI is InChI=1S/C15H22INO2/c1-19-14-8-6-7-13(11-14)12-15(18)17-10-5-3-2-4-9-16/h6-8,11H,2-5,9-10,12H2,1H3,(H,17,18). The zero-order valence-corrected chi connectivity index (χ0v) is 13.6. The molecule has 0 saturated carbocycles. The van der Waals surface area contributed by atoms with Crippen LogP contribution in [0.25, 0.3) is 0 Å². The fourth-order valence-electron chi connectivity index (χ4n) is 1.83. The van der Waals surface area contributed by atoms with Crippen molar-refractivity contribution in [1.82, 2.24) is 5.32 Å². The molecule has 1 aromatic carbocycles. The second kappa shape index (κ2) is 10.1. The van der Waals surface area contributed by atoms with E-state index >= 15 is 0 Å². The number of methoxy groups -OCH3 is 1. The molecule has 0 fully saturated rings. The van der Waals surface area contributed by atoms with E-state index in [1.165, 1.54) is 23.7 Å². The van der Waals surface area contributed by atoms with Gasteiger partial charge in [0.15, 0.2) is 0 Å². The van der Waals surface area contributed by atoms with E-state index in [1.54, 1.807) is 7.11 Å². The number of benzene rings is 1. The maximum absolute atomic E-state index is 11.7. The molecule has 0 aromatic heterocycles. The molecule has 4 heteroatoms. The number of ether oxygens (including phenoxy) is 1. The molecule has 1 aromatic rings. The molecule has 19 heavy (non-hydrogen) atoms. The summed E-state index contributed by atoms with van der Waals surface area (Å²) in [5.74, 6) is 0.881. The Morgan fingerprint density at radius 3 is 2.79 bits per heavy atom. The van der Waals surface area contributed by atoms with Crippen LogP contribution < -0.4 is 10.1 Å². The molecule has 1 N–H and O–H groups in total. The average Bonchev–Trinajstić information content (AvgIpc) is 2.43. The molecule has 0 aliphatic rings. The van der Waals surface area contributed by atoms with Gasteiger partial charge in [0, 0.05) is 6.54 Å². The maximum atomic E-state index is 11.7. The van der Waals surface area contributed by atoms with Crippen LogP contribution >= 0.6 is 22.6 Å². The van der Waals surface area contributed by atoms with Crippen LogP contribution in [0.5, 0.6) is 5.75 Å². The lowest BCUT2D eigenvalue weighted by Crippen LogP contribution is -2.26. The molecular weight excluding hydrogens is 353 g/mol. The van der Waals surface area contributed by atoms with Crippen molar-refractivity contribution in [2.24, 2.45) is 0 Å². The number of alkyl halides is 1. The van der Waals surface area contributed by atoms with Gasteiger partial charge in [-0.2, -0.15) is 0 Å². The molecule has 0 bridgehead atoms. The van der Waals surface area contributed by atoms with Gasteiger partial charge >= 0.3 is 0 Å². The van der Waals surface area contributed by atoms with Gasteiger partial charge in [-0.05, 0) is 35.0 Å². The molecule has 0 heterocycles. The number of amides is 1. The van der Waals surface area contributed by atoms with Gasteiger partial charge in [-0.3, -0.25) is 4.79 Å². The first kappa shape index (κ1) is 16.3. The summed E-state index contributed by atoms with van der Waals surface area (Å²) < 4.78 is 6.36. The number of halogens is 1. The number of rotatable bonds is 9. The normalized spacial score (nSPS) is 10.2.